The highest BCUT2D eigenvalue weighted by atomic mass is 19.1. The average Bonchev–Trinajstić information content (AvgIpc) is 2.66. The van der Waals surface area contributed by atoms with Gasteiger partial charge in [-0.25, -0.2) is 4.39 Å². The van der Waals surface area contributed by atoms with Gasteiger partial charge in [-0.1, -0.05) is 24.3 Å². The number of likely N-dealkylation sites (N-methyl/N-ethyl adjacent to an activating group) is 1. The van der Waals surface area contributed by atoms with E-state index in [2.05, 4.69) is 22.3 Å². The van der Waals surface area contributed by atoms with Gasteiger partial charge in [-0.15, -0.1) is 0 Å². The van der Waals surface area contributed by atoms with Gasteiger partial charge in [0.15, 0.2) is 0 Å². The summed E-state index contributed by atoms with van der Waals surface area (Å²) in [7, 11) is 1.62. The molecule has 0 spiro atoms. The highest BCUT2D eigenvalue weighted by Crippen LogP contribution is 2.60. The Morgan fingerprint density at radius 3 is 2.29 bits per heavy atom. The Hall–Kier alpha value is -1.68. The number of nitrogens with zero attached hydrogens (tertiary/aromatic N) is 1. The third-order valence-electron chi connectivity index (χ3n) is 7.18. The molecule has 4 saturated carbocycles. The van der Waals surface area contributed by atoms with Crippen molar-refractivity contribution in [3.05, 3.63) is 41.5 Å². The van der Waals surface area contributed by atoms with E-state index in [0.717, 1.165) is 36.4 Å². The summed E-state index contributed by atoms with van der Waals surface area (Å²) in [6.07, 6.45) is 11.8. The van der Waals surface area contributed by atoms with Crippen LogP contribution in [0.15, 0.2) is 30.3 Å². The van der Waals surface area contributed by atoms with Crippen molar-refractivity contribution < 1.29 is 9.18 Å². The van der Waals surface area contributed by atoms with Crippen molar-refractivity contribution in [2.45, 2.75) is 45.1 Å². The van der Waals surface area contributed by atoms with Gasteiger partial charge in [0.2, 0.25) is 5.91 Å². The molecule has 5 rings (SSSR count). The van der Waals surface area contributed by atoms with Crippen LogP contribution in [0.3, 0.4) is 0 Å². The zero-order valence-corrected chi connectivity index (χ0v) is 17.0. The monoisotopic (exact) mass is 384 g/mol. The highest BCUT2D eigenvalue weighted by Gasteiger charge is 2.51. The normalized spacial score (nSPS) is 31.0. The molecule has 0 saturated heterocycles. The van der Waals surface area contributed by atoms with Crippen LogP contribution in [-0.4, -0.2) is 37.6 Å². The average molecular weight is 385 g/mol. The van der Waals surface area contributed by atoms with Crippen LogP contribution in [0.25, 0.3) is 6.08 Å². The van der Waals surface area contributed by atoms with Gasteiger partial charge >= 0.3 is 0 Å². The number of hydrogen-bond donors (Lipinski definition) is 1. The Labute approximate surface area is 168 Å². The van der Waals surface area contributed by atoms with Crippen molar-refractivity contribution >= 4 is 12.0 Å². The molecule has 0 radical (unpaired) electrons. The summed E-state index contributed by atoms with van der Waals surface area (Å²) < 4.78 is 13.3. The topological polar surface area (TPSA) is 32.3 Å². The fourth-order valence-corrected chi connectivity index (χ4v) is 6.54. The summed E-state index contributed by atoms with van der Waals surface area (Å²) in [5, 5.41) is 2.58. The Morgan fingerprint density at radius 2 is 1.75 bits per heavy atom. The molecular weight excluding hydrogens is 351 g/mol. The number of carbonyl (C=O) groups excluding carboxylic acids is 1. The minimum Gasteiger partial charge on any atom is -0.356 e. The minimum absolute atomic E-state index is 0.103. The smallest absolute Gasteiger partial charge is 0.243 e. The predicted octanol–water partition coefficient (Wildman–Crippen LogP) is 4.43. The maximum Gasteiger partial charge on any atom is 0.243 e. The van der Waals surface area contributed by atoms with E-state index >= 15 is 0 Å². The lowest BCUT2D eigenvalue weighted by atomic mass is 9.49. The van der Waals surface area contributed by atoms with Gasteiger partial charge in [-0.2, -0.15) is 0 Å². The molecule has 0 unspecified atom stereocenters. The second kappa shape index (κ2) is 8.36. The number of carbonyl (C=O) groups is 1. The van der Waals surface area contributed by atoms with E-state index in [0.29, 0.717) is 12.0 Å². The molecule has 28 heavy (non-hydrogen) atoms. The number of benzene rings is 1. The van der Waals surface area contributed by atoms with Crippen LogP contribution < -0.4 is 5.32 Å². The third-order valence-corrected chi connectivity index (χ3v) is 7.18. The number of nitrogens with one attached hydrogen (secondary N) is 1. The van der Waals surface area contributed by atoms with Gasteiger partial charge in [0.1, 0.15) is 6.67 Å². The van der Waals surface area contributed by atoms with Crippen LogP contribution in [-0.2, 0) is 11.3 Å². The number of amides is 1. The van der Waals surface area contributed by atoms with Crippen molar-refractivity contribution in [3.63, 3.8) is 0 Å². The van der Waals surface area contributed by atoms with E-state index in [4.69, 9.17) is 0 Å². The predicted molar refractivity (Wildman–Crippen MR) is 111 cm³/mol. The molecule has 4 fully saturated rings. The zero-order valence-electron chi connectivity index (χ0n) is 17.0. The number of hydrogen-bond acceptors (Lipinski definition) is 2. The number of halogens is 1. The van der Waals surface area contributed by atoms with Crippen molar-refractivity contribution in [1.29, 1.82) is 0 Å². The van der Waals surface area contributed by atoms with Crippen molar-refractivity contribution in [1.82, 2.24) is 10.2 Å². The lowest BCUT2D eigenvalue weighted by Crippen LogP contribution is -2.51. The van der Waals surface area contributed by atoms with Gasteiger partial charge in [-0.05, 0) is 78.9 Å². The molecule has 152 valence electrons. The van der Waals surface area contributed by atoms with Gasteiger partial charge in [-0.3, -0.25) is 9.69 Å². The fourth-order valence-electron chi connectivity index (χ4n) is 6.54. The molecule has 4 heteroatoms. The number of rotatable bonds is 8. The summed E-state index contributed by atoms with van der Waals surface area (Å²) in [6.45, 7) is 2.11. The van der Waals surface area contributed by atoms with E-state index < -0.39 is 0 Å². The number of alkyl halides is 1. The van der Waals surface area contributed by atoms with E-state index in [9.17, 15) is 9.18 Å². The quantitative estimate of drug-likeness (QED) is 0.672. The van der Waals surface area contributed by atoms with Crippen LogP contribution in [0, 0.1) is 23.2 Å². The second-order valence-electron chi connectivity index (χ2n) is 9.51. The molecule has 3 nitrogen and oxygen atoms in total. The van der Waals surface area contributed by atoms with Crippen LogP contribution >= 0.6 is 0 Å². The Balaban J connectivity index is 1.40. The summed E-state index contributed by atoms with van der Waals surface area (Å²) in [5.74, 6) is 2.70. The molecule has 0 aromatic heterocycles. The van der Waals surface area contributed by atoms with Gasteiger partial charge in [0.25, 0.3) is 0 Å². The lowest BCUT2D eigenvalue weighted by Gasteiger charge is -2.58. The first-order chi connectivity index (χ1) is 13.6. The third kappa shape index (κ3) is 4.48. The molecule has 0 aliphatic heterocycles. The summed E-state index contributed by atoms with van der Waals surface area (Å²) in [5.41, 5.74) is 2.67. The van der Waals surface area contributed by atoms with E-state index in [1.165, 1.54) is 50.2 Å². The molecule has 4 aliphatic rings. The van der Waals surface area contributed by atoms with Crippen molar-refractivity contribution in [2.24, 2.45) is 23.2 Å². The van der Waals surface area contributed by atoms with Gasteiger partial charge in [0.05, 0.1) is 0 Å². The van der Waals surface area contributed by atoms with Crippen LogP contribution in [0.2, 0.25) is 0 Å². The van der Waals surface area contributed by atoms with Gasteiger partial charge < -0.3 is 5.32 Å². The van der Waals surface area contributed by atoms with E-state index in [-0.39, 0.29) is 12.6 Å². The standard InChI is InChI=1S/C24H33FN2O/c1-26-23(28)7-6-18-2-4-19(5-3-18)16-27(9-8-25)17-24-13-20-10-21(14-24)12-22(11-20)15-24/h2-7,20-22H,8-17H2,1H3,(H,26,28)/b7-6+. The van der Waals surface area contributed by atoms with Crippen LogP contribution in [0.1, 0.15) is 49.7 Å². The summed E-state index contributed by atoms with van der Waals surface area (Å²) >= 11 is 0. The largest absolute Gasteiger partial charge is 0.356 e. The van der Waals surface area contributed by atoms with E-state index in [1.807, 2.05) is 18.2 Å². The molecule has 1 N–H and O–H groups in total. The van der Waals surface area contributed by atoms with Gasteiger partial charge in [0, 0.05) is 32.8 Å². The van der Waals surface area contributed by atoms with Crippen LogP contribution in [0.4, 0.5) is 4.39 Å². The molecule has 1 aromatic rings. The molecule has 4 aliphatic carbocycles. The molecule has 1 amide bonds. The van der Waals surface area contributed by atoms with Crippen molar-refractivity contribution in [3.8, 4) is 0 Å². The SMILES string of the molecule is CNC(=O)/C=C/c1ccc(CN(CCF)CC23CC4CC(CC(C4)C2)C3)cc1. The fraction of sp³-hybridized carbons (Fsp3) is 0.625. The first kappa shape index (κ1) is 19.6. The summed E-state index contributed by atoms with van der Waals surface area (Å²) in [4.78, 5) is 13.7. The molecule has 1 aromatic carbocycles. The first-order valence-corrected chi connectivity index (χ1v) is 10.8. The zero-order chi connectivity index (χ0) is 19.6. The first-order valence-electron chi connectivity index (χ1n) is 10.8. The summed E-state index contributed by atoms with van der Waals surface area (Å²) in [6, 6.07) is 8.28. The van der Waals surface area contributed by atoms with Crippen LogP contribution in [0.5, 0.6) is 0 Å². The minimum atomic E-state index is -0.278. The second-order valence-corrected chi connectivity index (χ2v) is 9.51. The maximum absolute atomic E-state index is 13.3. The lowest BCUT2D eigenvalue weighted by molar-refractivity contribution is -0.115. The van der Waals surface area contributed by atoms with E-state index in [1.54, 1.807) is 7.05 Å². The highest BCUT2D eigenvalue weighted by molar-refractivity contribution is 5.91. The Kier molecular flexibility index (Phi) is 5.86. The maximum atomic E-state index is 13.3. The molecule has 0 heterocycles. The molecule has 4 bridgehead atoms. The molecule has 0 atom stereocenters. The van der Waals surface area contributed by atoms with Crippen molar-refractivity contribution in [2.75, 3.05) is 26.8 Å². The molecular formula is C24H33FN2O. The Bertz CT molecular complexity index is 677. The Morgan fingerprint density at radius 1 is 1.14 bits per heavy atom.